The maximum absolute atomic E-state index is 10.7. The Labute approximate surface area is 109 Å². The molecule has 0 aromatic carbocycles. The number of hydrogen-bond acceptors (Lipinski definition) is 6. The smallest absolute Gasteiger partial charge is 0.326 e. The van der Waals surface area contributed by atoms with Crippen LogP contribution >= 0.6 is 11.3 Å². The van der Waals surface area contributed by atoms with Crippen molar-refractivity contribution in [1.82, 2.24) is 4.98 Å². The lowest BCUT2D eigenvalue weighted by Crippen LogP contribution is -2.40. The number of nitrogens with one attached hydrogen (secondary N) is 1. The van der Waals surface area contributed by atoms with Crippen molar-refractivity contribution in [2.75, 3.05) is 11.9 Å². The zero-order valence-corrected chi connectivity index (χ0v) is 10.9. The van der Waals surface area contributed by atoms with E-state index < -0.39 is 12.0 Å². The molecule has 0 bridgehead atoms. The van der Waals surface area contributed by atoms with Crippen LogP contribution in [0.3, 0.4) is 0 Å². The van der Waals surface area contributed by atoms with Crippen molar-refractivity contribution in [3.63, 3.8) is 0 Å². The van der Waals surface area contributed by atoms with E-state index in [4.69, 9.17) is 15.6 Å². The van der Waals surface area contributed by atoms with Crippen LogP contribution in [0.5, 0.6) is 0 Å². The molecule has 0 spiro atoms. The molecule has 0 radical (unpaired) electrons. The Bertz CT molecular complexity index is 417. The van der Waals surface area contributed by atoms with Crippen LogP contribution in [0, 0.1) is 0 Å². The van der Waals surface area contributed by atoms with E-state index in [9.17, 15) is 4.79 Å². The molecule has 1 aliphatic carbocycles. The molecule has 0 saturated heterocycles. The largest absolute Gasteiger partial charge is 0.480 e. The topological polar surface area (TPSA) is 97.5 Å². The van der Waals surface area contributed by atoms with E-state index in [-0.39, 0.29) is 0 Å². The van der Waals surface area contributed by atoms with Crippen LogP contribution in [0.2, 0.25) is 0 Å². The van der Waals surface area contributed by atoms with Crippen molar-refractivity contribution in [2.45, 2.75) is 38.0 Å². The van der Waals surface area contributed by atoms with E-state index in [0.29, 0.717) is 17.8 Å². The van der Waals surface area contributed by atoms with Crippen LogP contribution < -0.4 is 11.1 Å². The van der Waals surface area contributed by atoms with Crippen LogP contribution in [-0.4, -0.2) is 34.8 Å². The molecule has 2 rings (SSSR count). The summed E-state index contributed by atoms with van der Waals surface area (Å²) in [5.41, 5.74) is 5.89. The van der Waals surface area contributed by atoms with E-state index in [1.807, 2.05) is 6.92 Å². The minimum absolute atomic E-state index is 0.341. The summed E-state index contributed by atoms with van der Waals surface area (Å²) >= 11 is 1.38. The lowest BCUT2D eigenvalue weighted by molar-refractivity contribution is -0.138. The highest BCUT2D eigenvalue weighted by Crippen LogP contribution is 2.28. The highest BCUT2D eigenvalue weighted by atomic mass is 32.1. The third-order valence-corrected chi connectivity index (χ3v) is 3.72. The van der Waals surface area contributed by atoms with Crippen LogP contribution in [0.4, 0.5) is 5.13 Å². The second-order valence-electron chi connectivity index (χ2n) is 4.28. The van der Waals surface area contributed by atoms with E-state index >= 15 is 0 Å². The Balaban J connectivity index is 1.83. The van der Waals surface area contributed by atoms with Gasteiger partial charge in [0.25, 0.3) is 0 Å². The first-order valence-corrected chi connectivity index (χ1v) is 6.80. The quantitative estimate of drug-likeness (QED) is 0.719. The third kappa shape index (κ3) is 2.98. The Hall–Kier alpha value is -1.18. The zero-order chi connectivity index (χ0) is 13.1. The number of aliphatic carboxylic acids is 1. The number of nitrogens with two attached hydrogens (primary N) is 1. The molecule has 1 fully saturated rings. The SMILES string of the molecule is CCOC1CC(Nc2nc(C(N)C(=O)O)cs2)C1. The van der Waals surface area contributed by atoms with Gasteiger partial charge in [-0.1, -0.05) is 0 Å². The molecule has 1 aliphatic rings. The van der Waals surface area contributed by atoms with Gasteiger partial charge in [-0.15, -0.1) is 11.3 Å². The van der Waals surface area contributed by atoms with Crippen molar-refractivity contribution in [1.29, 1.82) is 0 Å². The second kappa shape index (κ2) is 5.64. The first-order chi connectivity index (χ1) is 8.60. The van der Waals surface area contributed by atoms with Crippen LogP contribution in [0.25, 0.3) is 0 Å². The molecule has 1 atom stereocenters. The van der Waals surface area contributed by atoms with Gasteiger partial charge in [0.2, 0.25) is 0 Å². The molecule has 1 aromatic heterocycles. The molecule has 1 unspecified atom stereocenters. The Morgan fingerprint density at radius 2 is 2.50 bits per heavy atom. The number of aromatic nitrogens is 1. The van der Waals surface area contributed by atoms with Crippen molar-refractivity contribution < 1.29 is 14.6 Å². The molecule has 4 N–H and O–H groups in total. The number of carboxylic acid groups (broad SMARTS) is 1. The molecule has 0 amide bonds. The fraction of sp³-hybridized carbons (Fsp3) is 0.636. The van der Waals surface area contributed by atoms with Crippen molar-refractivity contribution >= 4 is 22.4 Å². The lowest BCUT2D eigenvalue weighted by Gasteiger charge is -2.35. The van der Waals surface area contributed by atoms with Gasteiger partial charge in [-0.3, -0.25) is 4.79 Å². The van der Waals surface area contributed by atoms with E-state index in [1.54, 1.807) is 5.38 Å². The molecular formula is C11H17N3O3S. The number of thiazole rings is 1. The average Bonchev–Trinajstić information content (AvgIpc) is 2.73. The molecule has 0 aliphatic heterocycles. The Morgan fingerprint density at radius 1 is 1.78 bits per heavy atom. The maximum atomic E-state index is 10.7. The summed E-state index contributed by atoms with van der Waals surface area (Å²) in [6.45, 7) is 2.73. The molecule has 1 heterocycles. The van der Waals surface area contributed by atoms with Gasteiger partial charge in [0.1, 0.15) is 6.04 Å². The summed E-state index contributed by atoms with van der Waals surface area (Å²) in [5.74, 6) is -1.06. The number of rotatable bonds is 6. The Kier molecular flexibility index (Phi) is 4.15. The van der Waals surface area contributed by atoms with Gasteiger partial charge in [0.15, 0.2) is 5.13 Å². The fourth-order valence-electron chi connectivity index (χ4n) is 1.85. The zero-order valence-electron chi connectivity index (χ0n) is 10.1. The molecular weight excluding hydrogens is 254 g/mol. The Morgan fingerprint density at radius 3 is 3.11 bits per heavy atom. The monoisotopic (exact) mass is 271 g/mol. The molecule has 100 valence electrons. The fourth-order valence-corrected chi connectivity index (χ4v) is 2.68. The summed E-state index contributed by atoms with van der Waals surface area (Å²) in [5, 5.41) is 14.4. The standard InChI is InChI=1S/C11H17N3O3S/c1-2-17-7-3-6(4-7)13-11-14-8(5-18-11)9(12)10(15)16/h5-7,9H,2-4,12H2,1H3,(H,13,14)(H,15,16). The van der Waals surface area contributed by atoms with Crippen molar-refractivity contribution in [3.8, 4) is 0 Å². The van der Waals surface area contributed by atoms with E-state index in [2.05, 4.69) is 10.3 Å². The van der Waals surface area contributed by atoms with Crippen LogP contribution in [0.1, 0.15) is 31.5 Å². The van der Waals surface area contributed by atoms with Gasteiger partial charge >= 0.3 is 5.97 Å². The van der Waals surface area contributed by atoms with Gasteiger partial charge < -0.3 is 20.9 Å². The minimum Gasteiger partial charge on any atom is -0.480 e. The second-order valence-corrected chi connectivity index (χ2v) is 5.14. The summed E-state index contributed by atoms with van der Waals surface area (Å²) in [7, 11) is 0. The average molecular weight is 271 g/mol. The third-order valence-electron chi connectivity index (χ3n) is 2.93. The van der Waals surface area contributed by atoms with Crippen molar-refractivity contribution in [3.05, 3.63) is 11.1 Å². The molecule has 1 aromatic rings. The van der Waals surface area contributed by atoms with Gasteiger partial charge in [-0.2, -0.15) is 0 Å². The first-order valence-electron chi connectivity index (χ1n) is 5.92. The lowest BCUT2D eigenvalue weighted by atomic mass is 9.89. The summed E-state index contributed by atoms with van der Waals surface area (Å²) < 4.78 is 5.47. The van der Waals surface area contributed by atoms with Gasteiger partial charge in [0, 0.05) is 18.0 Å². The molecule has 1 saturated carbocycles. The number of hydrogen-bond donors (Lipinski definition) is 3. The summed E-state index contributed by atoms with van der Waals surface area (Å²) in [4.78, 5) is 14.9. The maximum Gasteiger partial charge on any atom is 0.326 e. The predicted molar refractivity (Wildman–Crippen MR) is 68.7 cm³/mol. The number of anilines is 1. The van der Waals surface area contributed by atoms with Crippen LogP contribution in [0.15, 0.2) is 5.38 Å². The van der Waals surface area contributed by atoms with E-state index in [0.717, 1.165) is 24.6 Å². The number of carbonyl (C=O) groups is 1. The van der Waals surface area contributed by atoms with Gasteiger partial charge in [0.05, 0.1) is 11.8 Å². The number of nitrogens with zero attached hydrogens (tertiary/aromatic N) is 1. The normalized spacial score (nSPS) is 24.3. The number of ether oxygens (including phenoxy) is 1. The predicted octanol–water partition coefficient (Wildman–Crippen LogP) is 1.21. The summed E-state index contributed by atoms with van der Waals surface area (Å²) in [6.07, 6.45) is 2.27. The summed E-state index contributed by atoms with van der Waals surface area (Å²) in [6, 6.07) is -0.684. The molecule has 6 nitrogen and oxygen atoms in total. The van der Waals surface area contributed by atoms with E-state index in [1.165, 1.54) is 11.3 Å². The molecule has 18 heavy (non-hydrogen) atoms. The minimum atomic E-state index is -1.06. The van der Waals surface area contributed by atoms with Crippen LogP contribution in [-0.2, 0) is 9.53 Å². The highest BCUT2D eigenvalue weighted by molar-refractivity contribution is 7.13. The number of carboxylic acids is 1. The van der Waals surface area contributed by atoms with Gasteiger partial charge in [-0.25, -0.2) is 4.98 Å². The highest BCUT2D eigenvalue weighted by Gasteiger charge is 2.30. The van der Waals surface area contributed by atoms with Crippen molar-refractivity contribution in [2.24, 2.45) is 5.73 Å². The first kappa shape index (κ1) is 13.3. The van der Waals surface area contributed by atoms with Gasteiger partial charge in [-0.05, 0) is 19.8 Å². The molecule has 7 heteroatoms.